The van der Waals surface area contributed by atoms with Gasteiger partial charge < -0.3 is 5.32 Å². The van der Waals surface area contributed by atoms with Crippen molar-refractivity contribution >= 4 is 10.8 Å². The van der Waals surface area contributed by atoms with Crippen LogP contribution in [-0.4, -0.2) is 28.8 Å². The summed E-state index contributed by atoms with van der Waals surface area (Å²) in [5, 5.41) is 3.28. The summed E-state index contributed by atoms with van der Waals surface area (Å²) in [6.07, 6.45) is 2.22. The SMILES string of the molecule is CCC(C)C(CS(=O)CCC(C)C)NC. The lowest BCUT2D eigenvalue weighted by molar-refractivity contribution is 0.418. The summed E-state index contributed by atoms with van der Waals surface area (Å²) in [6.45, 7) is 8.77. The van der Waals surface area contributed by atoms with Crippen LogP contribution < -0.4 is 5.32 Å². The zero-order valence-corrected chi connectivity index (χ0v) is 11.7. The third-order valence-corrected chi connectivity index (χ3v) is 4.41. The van der Waals surface area contributed by atoms with Gasteiger partial charge in [-0.15, -0.1) is 0 Å². The minimum absolute atomic E-state index is 0.406. The van der Waals surface area contributed by atoms with E-state index < -0.39 is 10.8 Å². The van der Waals surface area contributed by atoms with Crippen LogP contribution in [0.5, 0.6) is 0 Å². The highest BCUT2D eigenvalue weighted by molar-refractivity contribution is 7.85. The lowest BCUT2D eigenvalue weighted by Crippen LogP contribution is -2.37. The standard InChI is InChI=1S/C12H27NOS/c1-6-11(4)12(13-5)9-15(14)8-7-10(2)3/h10-13H,6-9H2,1-5H3. The summed E-state index contributed by atoms with van der Waals surface area (Å²) in [7, 11) is 1.31. The fourth-order valence-corrected chi connectivity index (χ4v) is 3.26. The molecule has 0 spiro atoms. The lowest BCUT2D eigenvalue weighted by Gasteiger charge is -2.22. The van der Waals surface area contributed by atoms with Crippen LogP contribution in [0.1, 0.15) is 40.5 Å². The van der Waals surface area contributed by atoms with E-state index in [9.17, 15) is 4.21 Å². The Morgan fingerprint density at radius 3 is 2.27 bits per heavy atom. The Hall–Kier alpha value is 0.110. The zero-order valence-electron chi connectivity index (χ0n) is 10.9. The van der Waals surface area contributed by atoms with E-state index in [2.05, 4.69) is 33.0 Å². The predicted molar refractivity (Wildman–Crippen MR) is 69.6 cm³/mol. The molecule has 0 rings (SSSR count). The molecule has 0 bridgehead atoms. The van der Waals surface area contributed by atoms with Gasteiger partial charge in [-0.2, -0.15) is 0 Å². The molecule has 0 aliphatic carbocycles. The van der Waals surface area contributed by atoms with Crippen molar-refractivity contribution < 1.29 is 4.21 Å². The van der Waals surface area contributed by atoms with Gasteiger partial charge in [-0.3, -0.25) is 4.21 Å². The summed E-state index contributed by atoms with van der Waals surface area (Å²) >= 11 is 0. The third-order valence-electron chi connectivity index (χ3n) is 2.99. The Labute approximate surface area is 97.7 Å². The molecule has 0 aromatic rings. The summed E-state index contributed by atoms with van der Waals surface area (Å²) in [6, 6.07) is 0.406. The van der Waals surface area contributed by atoms with Crippen LogP contribution in [-0.2, 0) is 10.8 Å². The topological polar surface area (TPSA) is 29.1 Å². The number of rotatable bonds is 8. The molecule has 0 saturated carbocycles. The monoisotopic (exact) mass is 233 g/mol. The molecular formula is C12H27NOS. The first-order chi connectivity index (χ1) is 7.01. The highest BCUT2D eigenvalue weighted by atomic mass is 32.2. The highest BCUT2D eigenvalue weighted by Gasteiger charge is 2.16. The summed E-state index contributed by atoms with van der Waals surface area (Å²) in [5.74, 6) is 2.92. The Kier molecular flexibility index (Phi) is 8.34. The van der Waals surface area contributed by atoms with Crippen LogP contribution in [0, 0.1) is 11.8 Å². The Bertz CT molecular complexity index is 182. The van der Waals surface area contributed by atoms with Gasteiger partial charge >= 0.3 is 0 Å². The van der Waals surface area contributed by atoms with Gasteiger partial charge in [0.05, 0.1) is 0 Å². The van der Waals surface area contributed by atoms with Gasteiger partial charge in [0.25, 0.3) is 0 Å². The molecule has 15 heavy (non-hydrogen) atoms. The van der Waals surface area contributed by atoms with E-state index in [-0.39, 0.29) is 0 Å². The smallest absolute Gasteiger partial charge is 0.0391 e. The molecule has 1 N–H and O–H groups in total. The maximum Gasteiger partial charge on any atom is 0.0391 e. The number of nitrogens with one attached hydrogen (secondary N) is 1. The second-order valence-corrected chi connectivity index (χ2v) is 6.40. The van der Waals surface area contributed by atoms with Crippen molar-refractivity contribution in [3.8, 4) is 0 Å². The lowest BCUT2D eigenvalue weighted by atomic mass is 10.0. The van der Waals surface area contributed by atoms with E-state index in [4.69, 9.17) is 0 Å². The van der Waals surface area contributed by atoms with E-state index in [1.54, 1.807) is 0 Å². The average Bonchev–Trinajstić information content (AvgIpc) is 2.21. The molecule has 0 heterocycles. The van der Waals surface area contributed by atoms with Crippen LogP contribution in [0.3, 0.4) is 0 Å². The fourth-order valence-electron chi connectivity index (χ4n) is 1.47. The molecular weight excluding hydrogens is 206 g/mol. The van der Waals surface area contributed by atoms with Crippen molar-refractivity contribution in [2.24, 2.45) is 11.8 Å². The second-order valence-electron chi connectivity index (χ2n) is 4.77. The first kappa shape index (κ1) is 15.1. The van der Waals surface area contributed by atoms with Crippen molar-refractivity contribution in [3.05, 3.63) is 0 Å². The van der Waals surface area contributed by atoms with Crippen molar-refractivity contribution in [2.75, 3.05) is 18.6 Å². The molecule has 0 aliphatic heterocycles. The molecule has 0 radical (unpaired) electrons. The molecule has 0 aromatic heterocycles. The first-order valence-corrected chi connectivity index (χ1v) is 7.52. The van der Waals surface area contributed by atoms with Crippen LogP contribution in [0.2, 0.25) is 0 Å². The third kappa shape index (κ3) is 7.07. The Morgan fingerprint density at radius 2 is 1.87 bits per heavy atom. The van der Waals surface area contributed by atoms with Crippen LogP contribution in [0.4, 0.5) is 0 Å². The maximum absolute atomic E-state index is 11.8. The summed E-state index contributed by atoms with van der Waals surface area (Å²) < 4.78 is 11.8. The molecule has 0 amide bonds. The molecule has 3 unspecified atom stereocenters. The molecule has 3 atom stereocenters. The van der Waals surface area contributed by atoms with Crippen molar-refractivity contribution in [1.29, 1.82) is 0 Å². The number of hydrogen-bond donors (Lipinski definition) is 1. The van der Waals surface area contributed by atoms with Crippen molar-refractivity contribution in [3.63, 3.8) is 0 Å². The van der Waals surface area contributed by atoms with Gasteiger partial charge in [0, 0.05) is 28.3 Å². The molecule has 0 fully saturated rings. The second kappa shape index (κ2) is 8.28. The predicted octanol–water partition coefficient (Wildman–Crippen LogP) is 2.42. The van der Waals surface area contributed by atoms with E-state index in [1.165, 1.54) is 0 Å². The van der Waals surface area contributed by atoms with E-state index in [1.807, 2.05) is 7.05 Å². The molecule has 0 aliphatic rings. The van der Waals surface area contributed by atoms with Gasteiger partial charge in [-0.05, 0) is 25.3 Å². The molecule has 3 heteroatoms. The minimum atomic E-state index is -0.655. The largest absolute Gasteiger partial charge is 0.316 e. The fraction of sp³-hybridized carbons (Fsp3) is 1.00. The van der Waals surface area contributed by atoms with Gasteiger partial charge in [0.2, 0.25) is 0 Å². The van der Waals surface area contributed by atoms with Crippen molar-refractivity contribution in [1.82, 2.24) is 5.32 Å². The van der Waals surface area contributed by atoms with Gasteiger partial charge in [0.15, 0.2) is 0 Å². The molecule has 0 saturated heterocycles. The van der Waals surface area contributed by atoms with Crippen molar-refractivity contribution in [2.45, 2.75) is 46.6 Å². The van der Waals surface area contributed by atoms with Crippen LogP contribution in [0.25, 0.3) is 0 Å². The zero-order chi connectivity index (χ0) is 11.8. The normalized spacial score (nSPS) is 17.7. The first-order valence-electron chi connectivity index (χ1n) is 6.03. The minimum Gasteiger partial charge on any atom is -0.316 e. The van der Waals surface area contributed by atoms with E-state index in [0.717, 1.165) is 24.3 Å². The molecule has 92 valence electrons. The average molecular weight is 233 g/mol. The van der Waals surface area contributed by atoms with E-state index >= 15 is 0 Å². The quantitative estimate of drug-likeness (QED) is 0.697. The Morgan fingerprint density at radius 1 is 1.27 bits per heavy atom. The summed E-state index contributed by atoms with van der Waals surface area (Å²) in [5.41, 5.74) is 0. The van der Waals surface area contributed by atoms with Gasteiger partial charge in [0.1, 0.15) is 0 Å². The molecule has 0 aromatic carbocycles. The van der Waals surface area contributed by atoms with Crippen LogP contribution >= 0.6 is 0 Å². The van der Waals surface area contributed by atoms with E-state index in [0.29, 0.717) is 17.9 Å². The molecule has 2 nitrogen and oxygen atoms in total. The van der Waals surface area contributed by atoms with Gasteiger partial charge in [-0.1, -0.05) is 34.1 Å². The Balaban J connectivity index is 3.91. The highest BCUT2D eigenvalue weighted by Crippen LogP contribution is 2.10. The summed E-state index contributed by atoms with van der Waals surface area (Å²) in [4.78, 5) is 0. The number of hydrogen-bond acceptors (Lipinski definition) is 2. The maximum atomic E-state index is 11.8. The van der Waals surface area contributed by atoms with Crippen LogP contribution in [0.15, 0.2) is 0 Å². The van der Waals surface area contributed by atoms with Gasteiger partial charge in [-0.25, -0.2) is 0 Å².